The van der Waals surface area contributed by atoms with E-state index in [0.29, 0.717) is 12.2 Å². The first-order valence-electron chi connectivity index (χ1n) is 7.49. The Morgan fingerprint density at radius 3 is 2.65 bits per heavy atom. The molecule has 1 aromatic heterocycles. The second-order valence-corrected chi connectivity index (χ2v) is 8.08. The van der Waals surface area contributed by atoms with Crippen molar-refractivity contribution in [1.29, 1.82) is 0 Å². The molecule has 23 heavy (non-hydrogen) atoms. The van der Waals surface area contributed by atoms with Gasteiger partial charge in [0.1, 0.15) is 11.9 Å². The summed E-state index contributed by atoms with van der Waals surface area (Å²) in [5.74, 6) is 0.0181. The molecule has 1 N–H and O–H groups in total. The number of hydrogen-bond acceptors (Lipinski definition) is 4. The van der Waals surface area contributed by atoms with Crippen LogP contribution in [0.15, 0.2) is 42.7 Å². The summed E-state index contributed by atoms with van der Waals surface area (Å²) in [7, 11) is -1.22. The van der Waals surface area contributed by atoms with Crippen LogP contribution < -0.4 is 5.32 Å². The SMILES string of the molecule is Cn1ccnc1C(NC(=O)C1CCS(=O)(=O)C1)c1ccccc1. The van der Waals surface area contributed by atoms with Gasteiger partial charge in [-0.2, -0.15) is 0 Å². The third-order valence-corrected chi connectivity index (χ3v) is 5.91. The Balaban J connectivity index is 1.85. The summed E-state index contributed by atoms with van der Waals surface area (Å²) in [5.41, 5.74) is 0.913. The maximum Gasteiger partial charge on any atom is 0.225 e. The molecule has 1 aliphatic heterocycles. The zero-order chi connectivity index (χ0) is 16.4. The molecule has 0 radical (unpaired) electrons. The number of rotatable bonds is 4. The van der Waals surface area contributed by atoms with E-state index in [0.717, 1.165) is 5.56 Å². The molecule has 7 heteroatoms. The van der Waals surface area contributed by atoms with Gasteiger partial charge in [-0.1, -0.05) is 30.3 Å². The number of carbonyl (C=O) groups is 1. The number of aromatic nitrogens is 2. The van der Waals surface area contributed by atoms with Crippen molar-refractivity contribution in [1.82, 2.24) is 14.9 Å². The van der Waals surface area contributed by atoms with Crippen molar-refractivity contribution in [3.63, 3.8) is 0 Å². The van der Waals surface area contributed by atoms with Crippen LogP contribution in [0.4, 0.5) is 0 Å². The summed E-state index contributed by atoms with van der Waals surface area (Å²) >= 11 is 0. The van der Waals surface area contributed by atoms with E-state index in [-0.39, 0.29) is 17.4 Å². The Morgan fingerprint density at radius 1 is 1.35 bits per heavy atom. The Bertz CT molecular complexity index is 799. The minimum atomic E-state index is -3.08. The molecule has 1 saturated heterocycles. The zero-order valence-corrected chi connectivity index (χ0v) is 13.7. The number of nitrogens with one attached hydrogen (secondary N) is 1. The third-order valence-electron chi connectivity index (χ3n) is 4.14. The number of nitrogens with zero attached hydrogens (tertiary/aromatic N) is 2. The van der Waals surface area contributed by atoms with E-state index in [4.69, 9.17) is 0 Å². The number of sulfone groups is 1. The van der Waals surface area contributed by atoms with Crippen LogP contribution in [0.25, 0.3) is 0 Å². The second kappa shape index (κ2) is 6.16. The molecule has 2 unspecified atom stereocenters. The van der Waals surface area contributed by atoms with Gasteiger partial charge in [0, 0.05) is 19.4 Å². The van der Waals surface area contributed by atoms with E-state index in [1.54, 1.807) is 6.20 Å². The summed E-state index contributed by atoms with van der Waals surface area (Å²) < 4.78 is 25.0. The second-order valence-electron chi connectivity index (χ2n) is 5.85. The summed E-state index contributed by atoms with van der Waals surface area (Å²) in [6, 6.07) is 9.15. The first-order chi connectivity index (χ1) is 11.0. The summed E-state index contributed by atoms with van der Waals surface area (Å²) in [4.78, 5) is 16.8. The lowest BCUT2D eigenvalue weighted by Crippen LogP contribution is -2.36. The van der Waals surface area contributed by atoms with Gasteiger partial charge in [-0.05, 0) is 12.0 Å². The molecule has 0 saturated carbocycles. The Hall–Kier alpha value is -2.15. The molecule has 2 heterocycles. The molecule has 6 nitrogen and oxygen atoms in total. The normalized spacial score (nSPS) is 21.0. The first kappa shape index (κ1) is 15.7. The van der Waals surface area contributed by atoms with Gasteiger partial charge in [-0.25, -0.2) is 13.4 Å². The minimum Gasteiger partial charge on any atom is -0.342 e. The molecule has 1 aliphatic rings. The number of benzene rings is 1. The van der Waals surface area contributed by atoms with Crippen molar-refractivity contribution < 1.29 is 13.2 Å². The van der Waals surface area contributed by atoms with Crippen LogP contribution in [0, 0.1) is 5.92 Å². The lowest BCUT2D eigenvalue weighted by atomic mass is 10.0. The monoisotopic (exact) mass is 333 g/mol. The third kappa shape index (κ3) is 3.44. The molecule has 0 aliphatic carbocycles. The molecule has 0 spiro atoms. The van der Waals surface area contributed by atoms with E-state index in [1.807, 2.05) is 48.1 Å². The molecular weight excluding hydrogens is 314 g/mol. The van der Waals surface area contributed by atoms with E-state index in [1.165, 1.54) is 0 Å². The summed E-state index contributed by atoms with van der Waals surface area (Å²) in [6.07, 6.45) is 3.88. The van der Waals surface area contributed by atoms with Crippen LogP contribution in [0.1, 0.15) is 23.9 Å². The number of amides is 1. The van der Waals surface area contributed by atoms with Crippen molar-refractivity contribution in [2.75, 3.05) is 11.5 Å². The topological polar surface area (TPSA) is 81.1 Å². The maximum absolute atomic E-state index is 12.5. The largest absolute Gasteiger partial charge is 0.342 e. The van der Waals surface area contributed by atoms with Crippen molar-refractivity contribution in [3.8, 4) is 0 Å². The highest BCUT2D eigenvalue weighted by atomic mass is 32.2. The lowest BCUT2D eigenvalue weighted by Gasteiger charge is -2.21. The van der Waals surface area contributed by atoms with Crippen LogP contribution in [0.2, 0.25) is 0 Å². The van der Waals surface area contributed by atoms with Gasteiger partial charge in [0.25, 0.3) is 0 Å². The van der Waals surface area contributed by atoms with Gasteiger partial charge < -0.3 is 9.88 Å². The van der Waals surface area contributed by atoms with Crippen molar-refractivity contribution in [3.05, 3.63) is 54.1 Å². The molecule has 0 bridgehead atoms. The smallest absolute Gasteiger partial charge is 0.225 e. The predicted molar refractivity (Wildman–Crippen MR) is 86.4 cm³/mol. The fourth-order valence-electron chi connectivity index (χ4n) is 2.86. The van der Waals surface area contributed by atoms with Crippen LogP contribution in [0.3, 0.4) is 0 Å². The van der Waals surface area contributed by atoms with Gasteiger partial charge in [0.2, 0.25) is 5.91 Å². The standard InChI is InChI=1S/C16H19N3O3S/c1-19-9-8-17-15(19)14(12-5-3-2-4-6-12)18-16(20)13-7-10-23(21,22)11-13/h2-6,8-9,13-14H,7,10-11H2,1H3,(H,18,20). The van der Waals surface area contributed by atoms with Crippen LogP contribution in [-0.2, 0) is 21.7 Å². The minimum absolute atomic E-state index is 0.0685. The van der Waals surface area contributed by atoms with Gasteiger partial charge in [-0.3, -0.25) is 4.79 Å². The average Bonchev–Trinajstić information content (AvgIpc) is 3.11. The zero-order valence-electron chi connectivity index (χ0n) is 12.8. The molecule has 122 valence electrons. The lowest BCUT2D eigenvalue weighted by molar-refractivity contribution is -0.124. The quantitative estimate of drug-likeness (QED) is 0.907. The Morgan fingerprint density at radius 2 is 2.09 bits per heavy atom. The summed E-state index contributed by atoms with van der Waals surface area (Å²) in [5, 5.41) is 2.97. The van der Waals surface area contributed by atoms with E-state index >= 15 is 0 Å². The van der Waals surface area contributed by atoms with E-state index in [9.17, 15) is 13.2 Å². The van der Waals surface area contributed by atoms with E-state index < -0.39 is 21.8 Å². The predicted octanol–water partition coefficient (Wildman–Crippen LogP) is 1.06. The molecule has 1 fully saturated rings. The van der Waals surface area contributed by atoms with Gasteiger partial charge in [0.05, 0.1) is 17.4 Å². The molecule has 3 rings (SSSR count). The molecule has 1 amide bonds. The highest BCUT2D eigenvalue weighted by Crippen LogP contribution is 2.23. The van der Waals surface area contributed by atoms with E-state index in [2.05, 4.69) is 10.3 Å². The molecular formula is C16H19N3O3S. The van der Waals surface area contributed by atoms with Crippen molar-refractivity contribution >= 4 is 15.7 Å². The van der Waals surface area contributed by atoms with Crippen molar-refractivity contribution in [2.24, 2.45) is 13.0 Å². The van der Waals surface area contributed by atoms with Gasteiger partial charge in [0.15, 0.2) is 9.84 Å². The Kier molecular flexibility index (Phi) is 4.21. The number of hydrogen-bond donors (Lipinski definition) is 1. The highest BCUT2D eigenvalue weighted by molar-refractivity contribution is 7.91. The average molecular weight is 333 g/mol. The van der Waals surface area contributed by atoms with Crippen LogP contribution in [0.5, 0.6) is 0 Å². The van der Waals surface area contributed by atoms with Crippen molar-refractivity contribution in [2.45, 2.75) is 12.5 Å². The number of carbonyl (C=O) groups excluding carboxylic acids is 1. The fraction of sp³-hybridized carbons (Fsp3) is 0.375. The highest BCUT2D eigenvalue weighted by Gasteiger charge is 2.34. The molecule has 2 aromatic rings. The number of aryl methyl sites for hydroxylation is 1. The fourth-order valence-corrected chi connectivity index (χ4v) is 4.60. The Labute approximate surface area is 135 Å². The first-order valence-corrected chi connectivity index (χ1v) is 9.31. The van der Waals surface area contributed by atoms with Gasteiger partial charge >= 0.3 is 0 Å². The molecule has 1 aromatic carbocycles. The van der Waals surface area contributed by atoms with Crippen LogP contribution in [-0.4, -0.2) is 35.4 Å². The summed E-state index contributed by atoms with van der Waals surface area (Å²) in [6.45, 7) is 0. The molecule has 2 atom stereocenters. The maximum atomic E-state index is 12.5. The van der Waals surface area contributed by atoms with Crippen LogP contribution >= 0.6 is 0 Å². The van der Waals surface area contributed by atoms with Gasteiger partial charge in [-0.15, -0.1) is 0 Å². The number of imidazole rings is 1.